The lowest BCUT2D eigenvalue weighted by molar-refractivity contribution is -0.105. The summed E-state index contributed by atoms with van der Waals surface area (Å²) in [6.45, 7) is 1.78. The van der Waals surface area contributed by atoms with Crippen molar-refractivity contribution in [2.24, 2.45) is 0 Å². The van der Waals surface area contributed by atoms with Gasteiger partial charge in [0.05, 0.1) is 16.8 Å². The van der Waals surface area contributed by atoms with Gasteiger partial charge in [0.15, 0.2) is 11.5 Å². The Balaban J connectivity index is 1.88. The molecule has 120 valence electrons. The topological polar surface area (TPSA) is 68.7 Å². The van der Waals surface area contributed by atoms with Crippen molar-refractivity contribution in [1.82, 2.24) is 4.98 Å². The van der Waals surface area contributed by atoms with Crippen molar-refractivity contribution >= 4 is 17.3 Å². The van der Waals surface area contributed by atoms with E-state index in [2.05, 4.69) is 4.98 Å². The normalized spacial score (nSPS) is 18.3. The largest absolute Gasteiger partial charge is 0.478 e. The highest BCUT2D eigenvalue weighted by Crippen LogP contribution is 2.52. The highest BCUT2D eigenvalue weighted by atomic mass is 32.1. The molecule has 0 bridgehead atoms. The Hall–Kier alpha value is -2.08. The first kappa shape index (κ1) is 14.5. The van der Waals surface area contributed by atoms with Crippen LogP contribution in [0.5, 0.6) is 11.5 Å². The molecule has 2 aromatic rings. The maximum absolute atomic E-state index is 11.6. The van der Waals surface area contributed by atoms with Crippen LogP contribution in [-0.4, -0.2) is 21.8 Å². The Morgan fingerprint density at radius 1 is 1.26 bits per heavy atom. The van der Waals surface area contributed by atoms with Crippen LogP contribution in [0.15, 0.2) is 17.0 Å². The van der Waals surface area contributed by atoms with Crippen LogP contribution in [0.3, 0.4) is 0 Å². The SMILES string of the molecule is Cc1c(C(=O)O)cc(-c2cscn2)c2c1OC1(CCCCC1)O2. The summed E-state index contributed by atoms with van der Waals surface area (Å²) in [7, 11) is 0. The van der Waals surface area contributed by atoms with Crippen molar-refractivity contribution in [2.45, 2.75) is 44.8 Å². The molecule has 5 nitrogen and oxygen atoms in total. The number of carboxylic acid groups (broad SMARTS) is 1. The zero-order valence-electron chi connectivity index (χ0n) is 12.8. The van der Waals surface area contributed by atoms with Gasteiger partial charge in [-0.2, -0.15) is 0 Å². The molecular formula is C17H17NO4S. The van der Waals surface area contributed by atoms with E-state index in [-0.39, 0.29) is 5.56 Å². The molecule has 1 aromatic heterocycles. The fourth-order valence-corrected chi connectivity index (χ4v) is 3.95. The van der Waals surface area contributed by atoms with Gasteiger partial charge in [-0.25, -0.2) is 9.78 Å². The van der Waals surface area contributed by atoms with Crippen LogP contribution in [0, 0.1) is 6.92 Å². The third-order valence-electron chi connectivity index (χ3n) is 4.61. The second-order valence-electron chi connectivity index (χ2n) is 6.11. The van der Waals surface area contributed by atoms with Crippen LogP contribution in [0.25, 0.3) is 11.3 Å². The van der Waals surface area contributed by atoms with E-state index >= 15 is 0 Å². The average molecular weight is 331 g/mol. The number of rotatable bonds is 2. The van der Waals surface area contributed by atoms with Crippen LogP contribution >= 0.6 is 11.3 Å². The second kappa shape index (κ2) is 5.23. The molecule has 2 heterocycles. The van der Waals surface area contributed by atoms with Gasteiger partial charge < -0.3 is 14.6 Å². The van der Waals surface area contributed by atoms with Crippen LogP contribution in [0.4, 0.5) is 0 Å². The fourth-order valence-electron chi connectivity index (χ4n) is 3.40. The van der Waals surface area contributed by atoms with E-state index in [0.29, 0.717) is 22.6 Å². The summed E-state index contributed by atoms with van der Waals surface area (Å²) in [4.78, 5) is 15.9. The number of carboxylic acids is 1. The molecule has 1 N–H and O–H groups in total. The number of aromatic carboxylic acids is 1. The predicted octanol–water partition coefficient (Wildman–Crippen LogP) is 4.25. The zero-order valence-corrected chi connectivity index (χ0v) is 13.6. The summed E-state index contributed by atoms with van der Waals surface area (Å²) >= 11 is 1.47. The van der Waals surface area contributed by atoms with E-state index in [1.165, 1.54) is 17.8 Å². The van der Waals surface area contributed by atoms with Gasteiger partial charge in [-0.1, -0.05) is 6.42 Å². The Bertz CT molecular complexity index is 763. The number of ether oxygens (including phenoxy) is 2. The van der Waals surface area contributed by atoms with Crippen molar-refractivity contribution in [2.75, 3.05) is 0 Å². The number of benzene rings is 1. The summed E-state index contributed by atoms with van der Waals surface area (Å²) in [5.41, 5.74) is 4.02. The standard InChI is InChI=1S/C17H17NO4S/c1-10-11(16(19)20)7-12(13-8-23-9-18-13)15-14(10)21-17(22-15)5-3-2-4-6-17/h7-9H,2-6H2,1H3,(H,19,20). The number of hydrogen-bond acceptors (Lipinski definition) is 5. The molecule has 1 aromatic carbocycles. The van der Waals surface area contributed by atoms with E-state index in [1.807, 2.05) is 5.38 Å². The molecule has 1 spiro atoms. The van der Waals surface area contributed by atoms with Gasteiger partial charge in [0.25, 0.3) is 5.79 Å². The Morgan fingerprint density at radius 2 is 2.00 bits per heavy atom. The molecule has 4 rings (SSSR count). The van der Waals surface area contributed by atoms with E-state index in [9.17, 15) is 9.90 Å². The van der Waals surface area contributed by atoms with Gasteiger partial charge in [0.1, 0.15) is 0 Å². The second-order valence-corrected chi connectivity index (χ2v) is 6.83. The molecule has 1 fully saturated rings. The average Bonchev–Trinajstić information content (AvgIpc) is 3.17. The molecule has 0 saturated heterocycles. The summed E-state index contributed by atoms with van der Waals surface area (Å²) in [6.07, 6.45) is 4.97. The minimum Gasteiger partial charge on any atom is -0.478 e. The molecule has 0 amide bonds. The van der Waals surface area contributed by atoms with Gasteiger partial charge in [-0.3, -0.25) is 0 Å². The smallest absolute Gasteiger partial charge is 0.336 e. The first-order chi connectivity index (χ1) is 11.1. The number of hydrogen-bond donors (Lipinski definition) is 1. The minimum absolute atomic E-state index is 0.239. The molecule has 2 aliphatic rings. The van der Waals surface area contributed by atoms with Crippen molar-refractivity contribution in [1.29, 1.82) is 0 Å². The van der Waals surface area contributed by atoms with E-state index in [1.54, 1.807) is 18.5 Å². The first-order valence-corrected chi connectivity index (χ1v) is 8.71. The number of fused-ring (bicyclic) bond motifs is 1. The minimum atomic E-state index is -0.963. The number of thiazole rings is 1. The van der Waals surface area contributed by atoms with Gasteiger partial charge in [-0.05, 0) is 25.8 Å². The predicted molar refractivity (Wildman–Crippen MR) is 86.3 cm³/mol. The van der Waals surface area contributed by atoms with Gasteiger partial charge in [0, 0.05) is 29.3 Å². The lowest BCUT2D eigenvalue weighted by Gasteiger charge is -2.31. The van der Waals surface area contributed by atoms with Crippen LogP contribution in [-0.2, 0) is 0 Å². The third-order valence-corrected chi connectivity index (χ3v) is 5.20. The van der Waals surface area contributed by atoms with E-state index in [0.717, 1.165) is 31.4 Å². The number of carbonyl (C=O) groups is 1. The summed E-state index contributed by atoms with van der Waals surface area (Å²) in [5, 5.41) is 11.4. The maximum Gasteiger partial charge on any atom is 0.336 e. The molecule has 23 heavy (non-hydrogen) atoms. The van der Waals surface area contributed by atoms with Crippen LogP contribution < -0.4 is 9.47 Å². The summed E-state index contributed by atoms with van der Waals surface area (Å²) in [6, 6.07) is 1.65. The lowest BCUT2D eigenvalue weighted by Crippen LogP contribution is -2.40. The number of aromatic nitrogens is 1. The molecular weight excluding hydrogens is 314 g/mol. The van der Waals surface area contributed by atoms with E-state index < -0.39 is 11.8 Å². The van der Waals surface area contributed by atoms with Crippen molar-refractivity contribution in [3.63, 3.8) is 0 Å². The van der Waals surface area contributed by atoms with Crippen molar-refractivity contribution in [3.8, 4) is 22.8 Å². The molecule has 1 aliphatic carbocycles. The van der Waals surface area contributed by atoms with E-state index in [4.69, 9.17) is 9.47 Å². The molecule has 1 aliphatic heterocycles. The highest BCUT2D eigenvalue weighted by Gasteiger charge is 2.45. The van der Waals surface area contributed by atoms with Crippen molar-refractivity contribution < 1.29 is 19.4 Å². The first-order valence-electron chi connectivity index (χ1n) is 7.77. The Kier molecular flexibility index (Phi) is 3.30. The molecule has 6 heteroatoms. The fraction of sp³-hybridized carbons (Fsp3) is 0.412. The third kappa shape index (κ3) is 2.28. The molecule has 0 radical (unpaired) electrons. The van der Waals surface area contributed by atoms with Crippen molar-refractivity contribution in [3.05, 3.63) is 28.1 Å². The summed E-state index contributed by atoms with van der Waals surface area (Å²) < 4.78 is 12.4. The zero-order chi connectivity index (χ0) is 16.0. The number of nitrogens with zero attached hydrogens (tertiary/aromatic N) is 1. The van der Waals surface area contributed by atoms with Gasteiger partial charge >= 0.3 is 5.97 Å². The molecule has 1 saturated carbocycles. The monoisotopic (exact) mass is 331 g/mol. The molecule has 0 atom stereocenters. The Morgan fingerprint density at radius 3 is 2.65 bits per heavy atom. The Labute approximate surface area is 137 Å². The van der Waals surface area contributed by atoms with Crippen LogP contribution in [0.2, 0.25) is 0 Å². The lowest BCUT2D eigenvalue weighted by atomic mass is 9.94. The van der Waals surface area contributed by atoms with Gasteiger partial charge in [-0.15, -0.1) is 11.3 Å². The van der Waals surface area contributed by atoms with Gasteiger partial charge in [0.2, 0.25) is 0 Å². The summed E-state index contributed by atoms with van der Waals surface area (Å²) in [5.74, 6) is -0.391. The van der Waals surface area contributed by atoms with Crippen LogP contribution in [0.1, 0.15) is 48.0 Å². The maximum atomic E-state index is 11.6. The highest BCUT2D eigenvalue weighted by molar-refractivity contribution is 7.07. The molecule has 0 unspecified atom stereocenters. The quantitative estimate of drug-likeness (QED) is 0.891.